The monoisotopic (exact) mass is 344 g/mol. The third-order valence-electron chi connectivity index (χ3n) is 3.59. The predicted octanol–water partition coefficient (Wildman–Crippen LogP) is 3.73. The van der Waals surface area contributed by atoms with E-state index in [1.165, 1.54) is 0 Å². The highest BCUT2D eigenvalue weighted by molar-refractivity contribution is 5.85. The number of nitrogens with one attached hydrogen (secondary N) is 1. The van der Waals surface area contributed by atoms with Gasteiger partial charge in [0.2, 0.25) is 0 Å². The molecular formula is C14H21Cl2F3N2. The fourth-order valence-electron chi connectivity index (χ4n) is 2.29. The van der Waals surface area contributed by atoms with Crippen LogP contribution < -0.4 is 5.32 Å². The first kappa shape index (κ1) is 20.5. The number of benzene rings is 1. The SMILES string of the molecule is CN1CCC(NCc2ccc(C(F)(F)F)cc2)CC1.Cl.Cl. The molecule has 1 N–H and O–H groups in total. The van der Waals surface area contributed by atoms with Crippen LogP contribution in [0.15, 0.2) is 24.3 Å². The number of piperidine rings is 1. The minimum Gasteiger partial charge on any atom is -0.310 e. The molecule has 1 aromatic carbocycles. The lowest BCUT2D eigenvalue weighted by molar-refractivity contribution is -0.137. The van der Waals surface area contributed by atoms with Gasteiger partial charge in [-0.15, -0.1) is 24.8 Å². The zero-order chi connectivity index (χ0) is 13.9. The Balaban J connectivity index is 0.00000200. The van der Waals surface area contributed by atoms with E-state index in [1.807, 2.05) is 0 Å². The highest BCUT2D eigenvalue weighted by Gasteiger charge is 2.29. The van der Waals surface area contributed by atoms with Crippen LogP contribution in [0.2, 0.25) is 0 Å². The molecule has 1 aromatic rings. The van der Waals surface area contributed by atoms with Gasteiger partial charge in [-0.05, 0) is 50.7 Å². The normalized spacial score (nSPS) is 17.0. The van der Waals surface area contributed by atoms with E-state index < -0.39 is 11.7 Å². The van der Waals surface area contributed by atoms with Crippen molar-refractivity contribution >= 4 is 24.8 Å². The highest BCUT2D eigenvalue weighted by atomic mass is 35.5. The van der Waals surface area contributed by atoms with E-state index in [1.54, 1.807) is 12.1 Å². The number of alkyl halides is 3. The summed E-state index contributed by atoms with van der Waals surface area (Å²) in [6, 6.07) is 5.85. The summed E-state index contributed by atoms with van der Waals surface area (Å²) >= 11 is 0. The molecule has 0 saturated carbocycles. The molecule has 122 valence electrons. The van der Waals surface area contributed by atoms with Crippen LogP contribution in [0, 0.1) is 0 Å². The standard InChI is InChI=1S/C14H19F3N2.2ClH/c1-19-8-6-13(7-9-19)18-10-11-2-4-12(5-3-11)14(15,16)17;;/h2-5,13,18H,6-10H2,1H3;2*1H. The van der Waals surface area contributed by atoms with Crippen LogP contribution in [0.4, 0.5) is 13.2 Å². The number of likely N-dealkylation sites (tertiary alicyclic amines) is 1. The van der Waals surface area contributed by atoms with Gasteiger partial charge in [-0.1, -0.05) is 12.1 Å². The molecule has 1 aliphatic rings. The van der Waals surface area contributed by atoms with E-state index in [9.17, 15) is 13.2 Å². The molecule has 0 radical (unpaired) electrons. The lowest BCUT2D eigenvalue weighted by Crippen LogP contribution is -2.40. The molecule has 0 aliphatic carbocycles. The Morgan fingerprint density at radius 3 is 2.10 bits per heavy atom. The summed E-state index contributed by atoms with van der Waals surface area (Å²) in [5.41, 5.74) is 0.308. The van der Waals surface area contributed by atoms with E-state index in [4.69, 9.17) is 0 Å². The average Bonchev–Trinajstić information content (AvgIpc) is 2.37. The van der Waals surface area contributed by atoms with Gasteiger partial charge in [0.15, 0.2) is 0 Å². The largest absolute Gasteiger partial charge is 0.416 e. The van der Waals surface area contributed by atoms with Crippen LogP contribution in [0.1, 0.15) is 24.0 Å². The molecule has 2 nitrogen and oxygen atoms in total. The molecule has 0 atom stereocenters. The third kappa shape index (κ3) is 6.43. The maximum Gasteiger partial charge on any atom is 0.416 e. The molecule has 1 fully saturated rings. The molecule has 21 heavy (non-hydrogen) atoms. The second-order valence-electron chi connectivity index (χ2n) is 5.15. The molecule has 0 unspecified atom stereocenters. The topological polar surface area (TPSA) is 15.3 Å². The lowest BCUT2D eigenvalue weighted by Gasteiger charge is -2.29. The van der Waals surface area contributed by atoms with Gasteiger partial charge in [-0.25, -0.2) is 0 Å². The molecule has 1 aliphatic heterocycles. The highest BCUT2D eigenvalue weighted by Crippen LogP contribution is 2.29. The van der Waals surface area contributed by atoms with Crippen LogP contribution in [0.3, 0.4) is 0 Å². The van der Waals surface area contributed by atoms with Crippen LogP contribution in [-0.2, 0) is 12.7 Å². The number of halogens is 5. The van der Waals surface area contributed by atoms with Gasteiger partial charge in [-0.3, -0.25) is 0 Å². The van der Waals surface area contributed by atoms with E-state index in [0.29, 0.717) is 12.6 Å². The van der Waals surface area contributed by atoms with Gasteiger partial charge >= 0.3 is 6.18 Å². The summed E-state index contributed by atoms with van der Waals surface area (Å²) in [6.07, 6.45) is -2.06. The number of hydrogen-bond acceptors (Lipinski definition) is 2. The van der Waals surface area contributed by atoms with Crippen LogP contribution >= 0.6 is 24.8 Å². The minimum atomic E-state index is -4.25. The molecule has 0 spiro atoms. The molecule has 0 aromatic heterocycles. The van der Waals surface area contributed by atoms with Crippen molar-refractivity contribution in [1.82, 2.24) is 10.2 Å². The lowest BCUT2D eigenvalue weighted by atomic mass is 10.0. The molecule has 0 amide bonds. The Hall–Kier alpha value is -0.490. The van der Waals surface area contributed by atoms with Crippen LogP contribution in [0.25, 0.3) is 0 Å². The van der Waals surface area contributed by atoms with Gasteiger partial charge in [0.1, 0.15) is 0 Å². The van der Waals surface area contributed by atoms with Gasteiger partial charge < -0.3 is 10.2 Å². The summed E-state index contributed by atoms with van der Waals surface area (Å²) in [4.78, 5) is 2.29. The van der Waals surface area contributed by atoms with Crippen LogP contribution in [0.5, 0.6) is 0 Å². The Morgan fingerprint density at radius 2 is 1.62 bits per heavy atom. The average molecular weight is 345 g/mol. The van der Waals surface area contributed by atoms with Gasteiger partial charge in [-0.2, -0.15) is 13.2 Å². The van der Waals surface area contributed by atoms with Crippen molar-refractivity contribution in [3.63, 3.8) is 0 Å². The number of rotatable bonds is 3. The smallest absolute Gasteiger partial charge is 0.310 e. The van der Waals surface area contributed by atoms with Crippen molar-refractivity contribution < 1.29 is 13.2 Å². The van der Waals surface area contributed by atoms with Crippen LogP contribution in [-0.4, -0.2) is 31.1 Å². The first-order chi connectivity index (χ1) is 8.95. The summed E-state index contributed by atoms with van der Waals surface area (Å²) in [6.45, 7) is 2.78. The first-order valence-corrected chi connectivity index (χ1v) is 6.53. The maximum atomic E-state index is 12.4. The Kier molecular flexibility index (Phi) is 8.63. The van der Waals surface area contributed by atoms with Crippen molar-refractivity contribution in [3.8, 4) is 0 Å². The molecule has 2 rings (SSSR count). The quantitative estimate of drug-likeness (QED) is 0.898. The van der Waals surface area contributed by atoms with Gasteiger partial charge in [0.05, 0.1) is 5.56 Å². The van der Waals surface area contributed by atoms with E-state index in [-0.39, 0.29) is 24.8 Å². The van der Waals surface area contributed by atoms with E-state index in [2.05, 4.69) is 17.3 Å². The van der Waals surface area contributed by atoms with Crippen molar-refractivity contribution in [2.75, 3.05) is 20.1 Å². The van der Waals surface area contributed by atoms with Crippen molar-refractivity contribution in [2.45, 2.75) is 31.6 Å². The Bertz CT molecular complexity index is 402. The Morgan fingerprint density at radius 1 is 1.10 bits per heavy atom. The van der Waals surface area contributed by atoms with E-state index in [0.717, 1.165) is 43.6 Å². The van der Waals surface area contributed by atoms with Crippen molar-refractivity contribution in [3.05, 3.63) is 35.4 Å². The minimum absolute atomic E-state index is 0. The van der Waals surface area contributed by atoms with E-state index >= 15 is 0 Å². The van der Waals surface area contributed by atoms with Crippen molar-refractivity contribution in [1.29, 1.82) is 0 Å². The first-order valence-electron chi connectivity index (χ1n) is 6.53. The molecule has 1 saturated heterocycles. The van der Waals surface area contributed by atoms with Gasteiger partial charge in [0, 0.05) is 12.6 Å². The predicted molar refractivity (Wildman–Crippen MR) is 83.3 cm³/mol. The number of hydrogen-bond donors (Lipinski definition) is 1. The summed E-state index contributed by atoms with van der Waals surface area (Å²) in [5, 5.41) is 3.41. The summed E-state index contributed by atoms with van der Waals surface area (Å²) < 4.78 is 37.2. The maximum absolute atomic E-state index is 12.4. The molecule has 0 bridgehead atoms. The zero-order valence-corrected chi connectivity index (χ0v) is 13.5. The number of nitrogens with zero attached hydrogens (tertiary/aromatic N) is 1. The van der Waals surface area contributed by atoms with Crippen molar-refractivity contribution in [2.24, 2.45) is 0 Å². The Labute approximate surface area is 135 Å². The molecule has 7 heteroatoms. The molecular weight excluding hydrogens is 324 g/mol. The second kappa shape index (κ2) is 8.83. The second-order valence-corrected chi connectivity index (χ2v) is 5.15. The fourth-order valence-corrected chi connectivity index (χ4v) is 2.29. The fraction of sp³-hybridized carbons (Fsp3) is 0.571. The third-order valence-corrected chi connectivity index (χ3v) is 3.59. The van der Waals surface area contributed by atoms with Gasteiger partial charge in [0.25, 0.3) is 0 Å². The zero-order valence-electron chi connectivity index (χ0n) is 11.8. The molecule has 1 heterocycles. The summed E-state index contributed by atoms with van der Waals surface area (Å²) in [7, 11) is 2.10. The summed E-state index contributed by atoms with van der Waals surface area (Å²) in [5.74, 6) is 0.